The van der Waals surface area contributed by atoms with Crippen LogP contribution in [0.4, 0.5) is 0 Å². The number of carboxylic acids is 1. The van der Waals surface area contributed by atoms with Crippen molar-refractivity contribution in [2.24, 2.45) is 11.8 Å². The maximum Gasteiger partial charge on any atom is 0.306 e. The van der Waals surface area contributed by atoms with Gasteiger partial charge in [-0.05, 0) is 12.3 Å². The van der Waals surface area contributed by atoms with Crippen molar-refractivity contribution in [2.75, 3.05) is 0 Å². The van der Waals surface area contributed by atoms with E-state index in [1.54, 1.807) is 0 Å². The molecule has 0 rings (SSSR count). The Morgan fingerprint density at radius 1 is 1.33 bits per heavy atom. The van der Waals surface area contributed by atoms with E-state index in [0.717, 1.165) is 12.8 Å². The maximum absolute atomic E-state index is 10.5. The van der Waals surface area contributed by atoms with Gasteiger partial charge in [-0.3, -0.25) is 4.79 Å². The zero-order valence-corrected chi connectivity index (χ0v) is 8.92. The predicted molar refractivity (Wildman–Crippen MR) is 52.2 cm³/mol. The van der Waals surface area contributed by atoms with Gasteiger partial charge in [0.2, 0.25) is 0 Å². The van der Waals surface area contributed by atoms with Crippen LogP contribution in [0, 0.1) is 11.8 Å². The third-order valence-electron chi connectivity index (χ3n) is 1.72. The largest absolute Gasteiger partial charge is 0.481 e. The second-order valence-electron chi connectivity index (χ2n) is 2.98. The number of hydrogen-bond donors (Lipinski definition) is 1. The summed E-state index contributed by atoms with van der Waals surface area (Å²) in [4.78, 5) is 10.5. The van der Waals surface area contributed by atoms with Crippen LogP contribution in [0.25, 0.3) is 0 Å². The Kier molecular flexibility index (Phi) is 10.0. The topological polar surface area (TPSA) is 37.3 Å². The summed E-state index contributed by atoms with van der Waals surface area (Å²) in [5, 5.41) is 8.67. The average molecular weight is 174 g/mol. The summed E-state index contributed by atoms with van der Waals surface area (Å²) in [6.45, 7) is 9.92. The molecule has 0 spiro atoms. The molecule has 12 heavy (non-hydrogen) atoms. The molecule has 0 saturated carbocycles. The van der Waals surface area contributed by atoms with Gasteiger partial charge in [0.05, 0.1) is 5.92 Å². The van der Waals surface area contributed by atoms with Crippen molar-refractivity contribution in [3.63, 3.8) is 0 Å². The van der Waals surface area contributed by atoms with Crippen molar-refractivity contribution < 1.29 is 9.90 Å². The molecular formula is C10H22O2. The van der Waals surface area contributed by atoms with Gasteiger partial charge in [-0.25, -0.2) is 0 Å². The van der Waals surface area contributed by atoms with Crippen LogP contribution in [-0.4, -0.2) is 11.1 Å². The molecule has 74 valence electrons. The molecule has 0 aromatic heterocycles. The van der Waals surface area contributed by atoms with Crippen LogP contribution in [0.3, 0.4) is 0 Å². The molecule has 2 nitrogen and oxygen atoms in total. The third kappa shape index (κ3) is 6.20. The zero-order chi connectivity index (χ0) is 10.1. The minimum Gasteiger partial charge on any atom is -0.481 e. The molecule has 0 aliphatic rings. The summed E-state index contributed by atoms with van der Waals surface area (Å²) in [6, 6.07) is 0. The van der Waals surface area contributed by atoms with E-state index in [0.29, 0.717) is 0 Å². The Morgan fingerprint density at radius 2 is 1.75 bits per heavy atom. The third-order valence-corrected chi connectivity index (χ3v) is 1.72. The molecule has 0 bridgehead atoms. The highest BCUT2D eigenvalue weighted by molar-refractivity contribution is 5.70. The van der Waals surface area contributed by atoms with Crippen molar-refractivity contribution >= 4 is 5.97 Å². The zero-order valence-electron chi connectivity index (χ0n) is 8.92. The van der Waals surface area contributed by atoms with Gasteiger partial charge < -0.3 is 5.11 Å². The van der Waals surface area contributed by atoms with Gasteiger partial charge in [-0.1, -0.05) is 41.0 Å². The minimum atomic E-state index is -0.656. The van der Waals surface area contributed by atoms with Crippen molar-refractivity contribution in [1.82, 2.24) is 0 Å². The molecule has 2 heteroatoms. The summed E-state index contributed by atoms with van der Waals surface area (Å²) < 4.78 is 0. The normalized spacial score (nSPS) is 11.8. The van der Waals surface area contributed by atoms with E-state index in [-0.39, 0.29) is 11.8 Å². The highest BCUT2D eigenvalue weighted by Crippen LogP contribution is 2.16. The summed E-state index contributed by atoms with van der Waals surface area (Å²) in [7, 11) is 0. The molecule has 1 atom stereocenters. The predicted octanol–water partition coefficient (Wildman–Crippen LogP) is 3.17. The lowest BCUT2D eigenvalue weighted by Crippen LogP contribution is -2.19. The van der Waals surface area contributed by atoms with E-state index in [4.69, 9.17) is 5.11 Å². The van der Waals surface area contributed by atoms with Gasteiger partial charge in [0.25, 0.3) is 0 Å². The lowest BCUT2D eigenvalue weighted by molar-refractivity contribution is -0.143. The molecule has 0 radical (unpaired) electrons. The molecule has 0 amide bonds. The van der Waals surface area contributed by atoms with Crippen LogP contribution in [0.5, 0.6) is 0 Å². The van der Waals surface area contributed by atoms with Crippen LogP contribution in [0.15, 0.2) is 0 Å². The Balaban J connectivity index is 0. The number of rotatable bonds is 4. The SMILES string of the molecule is CC.CCCC(C(=O)O)C(C)C. The summed E-state index contributed by atoms with van der Waals surface area (Å²) in [5.74, 6) is -0.542. The molecule has 0 aromatic carbocycles. The smallest absolute Gasteiger partial charge is 0.306 e. The summed E-state index contributed by atoms with van der Waals surface area (Å²) in [6.07, 6.45) is 1.75. The van der Waals surface area contributed by atoms with E-state index < -0.39 is 5.97 Å². The van der Waals surface area contributed by atoms with E-state index in [1.807, 2.05) is 34.6 Å². The maximum atomic E-state index is 10.5. The van der Waals surface area contributed by atoms with Gasteiger partial charge >= 0.3 is 5.97 Å². The van der Waals surface area contributed by atoms with Gasteiger partial charge in [0, 0.05) is 0 Å². The first kappa shape index (κ1) is 14.0. The fourth-order valence-electron chi connectivity index (χ4n) is 1.05. The van der Waals surface area contributed by atoms with Crippen molar-refractivity contribution in [3.05, 3.63) is 0 Å². The first-order valence-electron chi connectivity index (χ1n) is 4.82. The quantitative estimate of drug-likeness (QED) is 0.710. The van der Waals surface area contributed by atoms with Gasteiger partial charge in [0.15, 0.2) is 0 Å². The summed E-state index contributed by atoms with van der Waals surface area (Å²) in [5.41, 5.74) is 0. The number of hydrogen-bond acceptors (Lipinski definition) is 1. The standard InChI is InChI=1S/C8H16O2.C2H6/c1-4-5-7(6(2)3)8(9)10;1-2/h6-7H,4-5H2,1-3H3,(H,9,10);1-2H3. The van der Waals surface area contributed by atoms with E-state index in [9.17, 15) is 4.79 Å². The van der Waals surface area contributed by atoms with Gasteiger partial charge in [0.1, 0.15) is 0 Å². The van der Waals surface area contributed by atoms with Crippen molar-refractivity contribution in [1.29, 1.82) is 0 Å². The molecular weight excluding hydrogens is 152 g/mol. The Labute approximate surface area is 76.0 Å². The Hall–Kier alpha value is -0.530. The molecule has 0 saturated heterocycles. The van der Waals surface area contributed by atoms with Crippen molar-refractivity contribution in [3.8, 4) is 0 Å². The highest BCUT2D eigenvalue weighted by Gasteiger charge is 2.19. The molecule has 0 aromatic rings. The van der Waals surface area contributed by atoms with E-state index in [1.165, 1.54) is 0 Å². The molecule has 0 aliphatic carbocycles. The van der Waals surface area contributed by atoms with E-state index in [2.05, 4.69) is 0 Å². The van der Waals surface area contributed by atoms with Crippen LogP contribution in [-0.2, 0) is 4.79 Å². The number of aliphatic carboxylic acids is 1. The van der Waals surface area contributed by atoms with Gasteiger partial charge in [-0.15, -0.1) is 0 Å². The first-order valence-corrected chi connectivity index (χ1v) is 4.82. The van der Waals surface area contributed by atoms with Crippen LogP contribution >= 0.6 is 0 Å². The molecule has 1 N–H and O–H groups in total. The lowest BCUT2D eigenvalue weighted by Gasteiger charge is -2.13. The monoisotopic (exact) mass is 174 g/mol. The van der Waals surface area contributed by atoms with Crippen LogP contribution < -0.4 is 0 Å². The van der Waals surface area contributed by atoms with E-state index >= 15 is 0 Å². The lowest BCUT2D eigenvalue weighted by atomic mass is 9.92. The first-order chi connectivity index (χ1) is 5.59. The second-order valence-corrected chi connectivity index (χ2v) is 2.98. The van der Waals surface area contributed by atoms with Gasteiger partial charge in [-0.2, -0.15) is 0 Å². The molecule has 0 heterocycles. The minimum absolute atomic E-state index is 0.148. The van der Waals surface area contributed by atoms with Crippen molar-refractivity contribution in [2.45, 2.75) is 47.5 Å². The van der Waals surface area contributed by atoms with Crippen LogP contribution in [0.2, 0.25) is 0 Å². The fourth-order valence-corrected chi connectivity index (χ4v) is 1.05. The second kappa shape index (κ2) is 8.57. The highest BCUT2D eigenvalue weighted by atomic mass is 16.4. The average Bonchev–Trinajstić information content (AvgIpc) is 2.03. The fraction of sp³-hybridized carbons (Fsp3) is 0.900. The number of carbonyl (C=O) groups is 1. The Morgan fingerprint density at radius 3 is 1.83 bits per heavy atom. The van der Waals surface area contributed by atoms with Crippen LogP contribution in [0.1, 0.15) is 47.5 Å². The Bertz CT molecular complexity index is 108. The molecule has 1 unspecified atom stereocenters. The number of carboxylic acid groups (broad SMARTS) is 1. The molecule has 0 aliphatic heterocycles. The summed E-state index contributed by atoms with van der Waals surface area (Å²) >= 11 is 0. The molecule has 0 fully saturated rings.